The Kier molecular flexibility index (Phi) is 5.09. The molecule has 4 heteroatoms. The Bertz CT molecular complexity index is 2230. The summed E-state index contributed by atoms with van der Waals surface area (Å²) >= 11 is 0. The van der Waals surface area contributed by atoms with Crippen molar-refractivity contribution in [3.63, 3.8) is 0 Å². The number of benzene rings is 5. The minimum atomic E-state index is -0.245. The fourth-order valence-corrected chi connectivity index (χ4v) is 5.92. The summed E-state index contributed by atoms with van der Waals surface area (Å²) in [5, 5.41) is 6.94. The van der Waals surface area contributed by atoms with Gasteiger partial charge in [0.15, 0.2) is 0 Å². The Morgan fingerprint density at radius 3 is 2.30 bits per heavy atom. The number of hydrogen-bond donors (Lipinski definition) is 1. The molecule has 0 radical (unpaired) electrons. The first-order chi connectivity index (χ1) is 19.8. The first-order valence-electron chi connectivity index (χ1n) is 13.5. The standard InChI is InChI=1S/C36H25N3O/c37-29-14-6-7-15-30(29)38-31(23-10-2-1-3-11-23)22-39-32-16-8-4-13-28(32)35-25-18-19-26-24-12-5-9-17-34(24)40-36(26)27(25)20-21-33(35)39/h1-22,29H,37H2/b31-22+,38-30-. The summed E-state index contributed by atoms with van der Waals surface area (Å²) in [7, 11) is 0. The minimum Gasteiger partial charge on any atom is -0.455 e. The van der Waals surface area contributed by atoms with Gasteiger partial charge in [-0.1, -0.05) is 91.0 Å². The number of fused-ring (bicyclic) bond motifs is 9. The number of hydrogen-bond acceptors (Lipinski definition) is 3. The van der Waals surface area contributed by atoms with Gasteiger partial charge >= 0.3 is 0 Å². The van der Waals surface area contributed by atoms with Crippen molar-refractivity contribution in [3.05, 3.63) is 133 Å². The topological polar surface area (TPSA) is 56.4 Å². The maximum absolute atomic E-state index is 6.39. The van der Waals surface area contributed by atoms with Gasteiger partial charge in [-0.2, -0.15) is 0 Å². The molecule has 0 bridgehead atoms. The van der Waals surface area contributed by atoms with Gasteiger partial charge in [-0.3, -0.25) is 0 Å². The Labute approximate surface area is 230 Å². The summed E-state index contributed by atoms with van der Waals surface area (Å²) in [4.78, 5) is 5.08. The van der Waals surface area contributed by atoms with E-state index in [1.807, 2.05) is 54.6 Å². The van der Waals surface area contributed by atoms with Crippen LogP contribution < -0.4 is 5.73 Å². The van der Waals surface area contributed by atoms with Crippen molar-refractivity contribution in [2.24, 2.45) is 10.7 Å². The smallest absolute Gasteiger partial charge is 0.143 e. The van der Waals surface area contributed by atoms with Crippen LogP contribution in [0.3, 0.4) is 0 Å². The number of aliphatic imine (C=N–C) groups is 1. The molecule has 2 heterocycles. The Hall–Kier alpha value is -5.19. The zero-order chi connectivity index (χ0) is 26.6. The highest BCUT2D eigenvalue weighted by atomic mass is 16.3. The molecule has 1 atom stereocenters. The first-order valence-corrected chi connectivity index (χ1v) is 13.5. The maximum atomic E-state index is 6.39. The summed E-state index contributed by atoms with van der Waals surface area (Å²) in [6.45, 7) is 0. The summed E-state index contributed by atoms with van der Waals surface area (Å²) in [6.07, 6.45) is 10.0. The van der Waals surface area contributed by atoms with Crippen LogP contribution in [0.5, 0.6) is 0 Å². The van der Waals surface area contributed by atoms with Crippen LogP contribution in [0.15, 0.2) is 137 Å². The van der Waals surface area contributed by atoms with Crippen LogP contribution in [-0.4, -0.2) is 16.3 Å². The van der Waals surface area contributed by atoms with Crippen molar-refractivity contribution in [2.75, 3.05) is 0 Å². The van der Waals surface area contributed by atoms with Crippen molar-refractivity contribution in [3.8, 4) is 0 Å². The summed E-state index contributed by atoms with van der Waals surface area (Å²) < 4.78 is 8.65. The SMILES string of the molecule is NC1C=CC=C/C1=N/C(=C/n1c2ccccc2c2c3ccc4c5ccccc5oc4c3ccc21)c1ccccc1. The summed E-state index contributed by atoms with van der Waals surface area (Å²) in [5.74, 6) is 0. The van der Waals surface area contributed by atoms with Gasteiger partial charge in [0.25, 0.3) is 0 Å². The lowest BCUT2D eigenvalue weighted by atomic mass is 10.0. The van der Waals surface area contributed by atoms with E-state index in [4.69, 9.17) is 15.1 Å². The van der Waals surface area contributed by atoms with Crippen LogP contribution in [-0.2, 0) is 0 Å². The van der Waals surface area contributed by atoms with Crippen LogP contribution in [0.4, 0.5) is 0 Å². The number of nitrogens with zero attached hydrogens (tertiary/aromatic N) is 2. The maximum Gasteiger partial charge on any atom is 0.143 e. The number of nitrogens with two attached hydrogens (primary N) is 1. The molecule has 1 aliphatic rings. The zero-order valence-corrected chi connectivity index (χ0v) is 21.7. The molecule has 0 amide bonds. The van der Waals surface area contributed by atoms with Crippen LogP contribution in [0, 0.1) is 0 Å². The zero-order valence-electron chi connectivity index (χ0n) is 21.7. The highest BCUT2D eigenvalue weighted by molar-refractivity contribution is 6.26. The molecule has 2 aromatic heterocycles. The molecule has 1 aliphatic carbocycles. The average molecular weight is 516 g/mol. The van der Waals surface area contributed by atoms with Gasteiger partial charge in [-0.25, -0.2) is 4.99 Å². The van der Waals surface area contributed by atoms with Crippen molar-refractivity contribution in [1.29, 1.82) is 0 Å². The second-order valence-electron chi connectivity index (χ2n) is 10.2. The van der Waals surface area contributed by atoms with E-state index in [2.05, 4.69) is 83.6 Å². The molecule has 4 nitrogen and oxygen atoms in total. The van der Waals surface area contributed by atoms with Crippen LogP contribution in [0.1, 0.15) is 5.56 Å². The van der Waals surface area contributed by atoms with Gasteiger partial charge in [0.1, 0.15) is 11.2 Å². The second-order valence-corrected chi connectivity index (χ2v) is 10.2. The third-order valence-corrected chi connectivity index (χ3v) is 7.82. The van der Waals surface area contributed by atoms with Crippen molar-refractivity contribution in [1.82, 2.24) is 4.57 Å². The monoisotopic (exact) mass is 515 g/mol. The lowest BCUT2D eigenvalue weighted by molar-refractivity contribution is 0.672. The number of allylic oxidation sites excluding steroid dienone is 2. The van der Waals surface area contributed by atoms with E-state index < -0.39 is 0 Å². The van der Waals surface area contributed by atoms with Crippen LogP contribution in [0.2, 0.25) is 0 Å². The lowest BCUT2D eigenvalue weighted by Crippen LogP contribution is -2.28. The van der Waals surface area contributed by atoms with Crippen molar-refractivity contribution < 1.29 is 4.42 Å². The normalized spacial score (nSPS) is 16.9. The third kappa shape index (κ3) is 3.47. The van der Waals surface area contributed by atoms with Gasteiger partial charge in [0.2, 0.25) is 0 Å². The van der Waals surface area contributed by atoms with E-state index in [-0.39, 0.29) is 6.04 Å². The van der Waals surface area contributed by atoms with Gasteiger partial charge < -0.3 is 14.7 Å². The highest BCUT2D eigenvalue weighted by Gasteiger charge is 2.17. The predicted octanol–water partition coefficient (Wildman–Crippen LogP) is 8.70. The molecule has 0 saturated carbocycles. The largest absolute Gasteiger partial charge is 0.455 e. The number of para-hydroxylation sites is 2. The number of rotatable bonds is 3. The molecule has 40 heavy (non-hydrogen) atoms. The minimum absolute atomic E-state index is 0.245. The molecule has 0 saturated heterocycles. The van der Waals surface area contributed by atoms with Crippen LogP contribution >= 0.6 is 0 Å². The molecular formula is C36H25N3O. The van der Waals surface area contributed by atoms with E-state index >= 15 is 0 Å². The molecule has 2 N–H and O–H groups in total. The molecule has 0 spiro atoms. The van der Waals surface area contributed by atoms with E-state index in [0.717, 1.165) is 55.3 Å². The number of aromatic nitrogens is 1. The fraction of sp³-hybridized carbons (Fsp3) is 0.0278. The average Bonchev–Trinajstić information content (AvgIpc) is 3.54. The van der Waals surface area contributed by atoms with Gasteiger partial charge in [-0.05, 0) is 41.8 Å². The van der Waals surface area contributed by atoms with E-state index in [0.29, 0.717) is 0 Å². The van der Waals surface area contributed by atoms with Crippen molar-refractivity contribution >= 4 is 72.1 Å². The molecule has 1 unspecified atom stereocenters. The Morgan fingerprint density at radius 2 is 1.43 bits per heavy atom. The molecule has 8 rings (SSSR count). The molecule has 190 valence electrons. The summed E-state index contributed by atoms with van der Waals surface area (Å²) in [5.41, 5.74) is 13.2. The third-order valence-electron chi connectivity index (χ3n) is 7.82. The first kappa shape index (κ1) is 22.8. The molecular weight excluding hydrogens is 490 g/mol. The fourth-order valence-electron chi connectivity index (χ4n) is 5.92. The van der Waals surface area contributed by atoms with Gasteiger partial charge in [0.05, 0.1) is 28.5 Å². The van der Waals surface area contributed by atoms with E-state index in [1.165, 1.54) is 16.2 Å². The molecule has 5 aromatic carbocycles. The molecule has 0 aliphatic heterocycles. The Morgan fingerprint density at radius 1 is 0.700 bits per heavy atom. The predicted molar refractivity (Wildman–Crippen MR) is 169 cm³/mol. The van der Waals surface area contributed by atoms with Gasteiger partial charge in [0, 0.05) is 38.7 Å². The van der Waals surface area contributed by atoms with Crippen LogP contribution in [0.25, 0.3) is 66.4 Å². The van der Waals surface area contributed by atoms with E-state index in [9.17, 15) is 0 Å². The lowest BCUT2D eigenvalue weighted by Gasteiger charge is -2.13. The van der Waals surface area contributed by atoms with Crippen molar-refractivity contribution in [2.45, 2.75) is 6.04 Å². The second kappa shape index (κ2) is 8.94. The quantitative estimate of drug-likeness (QED) is 0.256. The number of furan rings is 1. The summed E-state index contributed by atoms with van der Waals surface area (Å²) in [6, 6.07) is 35.6. The molecule has 7 aromatic rings. The van der Waals surface area contributed by atoms with E-state index in [1.54, 1.807) is 0 Å². The Balaban J connectivity index is 1.44. The van der Waals surface area contributed by atoms with Gasteiger partial charge in [-0.15, -0.1) is 0 Å². The molecule has 0 fully saturated rings. The highest BCUT2D eigenvalue weighted by Crippen LogP contribution is 2.40.